The first-order valence-electron chi connectivity index (χ1n) is 7.72. The minimum Gasteiger partial charge on any atom is -0.481 e. The summed E-state index contributed by atoms with van der Waals surface area (Å²) in [5.41, 5.74) is 0.496. The fourth-order valence-electron chi connectivity index (χ4n) is 2.05. The second-order valence-electron chi connectivity index (χ2n) is 5.27. The van der Waals surface area contributed by atoms with Gasteiger partial charge < -0.3 is 14.8 Å². The minimum absolute atomic E-state index is 0.166. The molecule has 1 N–H and O–H groups in total. The zero-order chi connectivity index (χ0) is 20.7. The average Bonchev–Trinajstić information content (AvgIpc) is 2.68. The molecule has 28 heavy (non-hydrogen) atoms. The van der Waals surface area contributed by atoms with E-state index < -0.39 is 11.9 Å². The lowest BCUT2D eigenvalue weighted by molar-refractivity contribution is -0.142. The first kappa shape index (κ1) is 21.8. The number of benzene rings is 2. The number of nitriles is 1. The Bertz CT molecular complexity index is 986. The lowest BCUT2D eigenvalue weighted by atomic mass is 10.1. The quantitative estimate of drug-likeness (QED) is 0.360. The number of carbonyl (C=O) groups excluding carboxylic acids is 2. The van der Waals surface area contributed by atoms with Crippen molar-refractivity contribution < 1.29 is 19.1 Å². The fourth-order valence-corrected chi connectivity index (χ4v) is 2.78. The molecule has 0 spiro atoms. The van der Waals surface area contributed by atoms with Crippen LogP contribution in [0.15, 0.2) is 46.4 Å². The predicted octanol–water partition coefficient (Wildman–Crippen LogP) is 4.85. The molecule has 0 aliphatic carbocycles. The summed E-state index contributed by atoms with van der Waals surface area (Å²) in [5.74, 6) is -0.938. The average molecular weight is 484 g/mol. The number of carbonyl (C=O) groups is 2. The summed E-state index contributed by atoms with van der Waals surface area (Å²) in [5, 5.41) is 12.4. The summed E-state index contributed by atoms with van der Waals surface area (Å²) in [7, 11) is 1.24. The summed E-state index contributed by atoms with van der Waals surface area (Å²) in [6.07, 6.45) is 1.34. The Hall–Kier alpha value is -2.53. The molecule has 6 nitrogen and oxygen atoms in total. The second kappa shape index (κ2) is 10.1. The number of hydrogen-bond donors (Lipinski definition) is 1. The molecule has 0 saturated carbocycles. The number of amides is 1. The number of ether oxygens (including phenoxy) is 2. The normalized spacial score (nSPS) is 10.8. The third-order valence-corrected chi connectivity index (χ3v) is 4.72. The molecule has 0 aliphatic heterocycles. The van der Waals surface area contributed by atoms with Gasteiger partial charge in [0.1, 0.15) is 17.4 Å². The minimum atomic E-state index is -0.675. The van der Waals surface area contributed by atoms with Crippen LogP contribution in [0.1, 0.15) is 5.56 Å². The topological polar surface area (TPSA) is 88.4 Å². The number of hydrogen-bond acceptors (Lipinski definition) is 5. The van der Waals surface area contributed by atoms with Gasteiger partial charge in [0.25, 0.3) is 5.91 Å². The zero-order valence-corrected chi connectivity index (χ0v) is 17.6. The summed E-state index contributed by atoms with van der Waals surface area (Å²) in [6.45, 7) is -0.314. The molecule has 0 saturated heterocycles. The van der Waals surface area contributed by atoms with E-state index in [1.807, 2.05) is 6.07 Å². The lowest BCUT2D eigenvalue weighted by Crippen LogP contribution is -2.14. The largest absolute Gasteiger partial charge is 0.481 e. The van der Waals surface area contributed by atoms with Gasteiger partial charge in [-0.1, -0.05) is 45.2 Å². The molecule has 2 aromatic carbocycles. The first-order chi connectivity index (χ1) is 13.3. The van der Waals surface area contributed by atoms with Crippen molar-refractivity contribution in [1.82, 2.24) is 0 Å². The Labute approximate surface area is 179 Å². The zero-order valence-electron chi connectivity index (χ0n) is 14.5. The van der Waals surface area contributed by atoms with Gasteiger partial charge in [0.15, 0.2) is 6.61 Å². The van der Waals surface area contributed by atoms with Crippen LogP contribution in [0.25, 0.3) is 6.08 Å². The molecule has 0 aliphatic rings. The van der Waals surface area contributed by atoms with Crippen LogP contribution in [0.3, 0.4) is 0 Å². The molecule has 144 valence electrons. The molecule has 0 atom stereocenters. The number of methoxy groups -OCH3 is 1. The maximum atomic E-state index is 12.5. The highest BCUT2D eigenvalue weighted by atomic mass is 79.9. The molecular weight excluding hydrogens is 471 g/mol. The summed E-state index contributed by atoms with van der Waals surface area (Å²) >= 11 is 15.3. The molecule has 2 rings (SSSR count). The van der Waals surface area contributed by atoms with E-state index in [1.54, 1.807) is 36.4 Å². The highest BCUT2D eigenvalue weighted by Gasteiger charge is 2.15. The van der Waals surface area contributed by atoms with Gasteiger partial charge in [-0.2, -0.15) is 5.26 Å². The molecule has 0 bridgehead atoms. The predicted molar refractivity (Wildman–Crippen MR) is 110 cm³/mol. The fraction of sp³-hybridized carbons (Fsp3) is 0.105. The number of nitrogens with zero attached hydrogens (tertiary/aromatic N) is 1. The van der Waals surface area contributed by atoms with Gasteiger partial charge in [-0.25, -0.2) is 4.79 Å². The van der Waals surface area contributed by atoms with Gasteiger partial charge in [-0.15, -0.1) is 0 Å². The molecular formula is C19H13BrCl2N2O4. The molecule has 1 amide bonds. The maximum Gasteiger partial charge on any atom is 0.343 e. The van der Waals surface area contributed by atoms with E-state index in [-0.39, 0.29) is 27.9 Å². The molecule has 0 aromatic heterocycles. The highest BCUT2D eigenvalue weighted by Crippen LogP contribution is 2.30. The van der Waals surface area contributed by atoms with Gasteiger partial charge in [0.05, 0.1) is 22.8 Å². The number of halogens is 3. The third kappa shape index (κ3) is 5.73. The van der Waals surface area contributed by atoms with Crippen molar-refractivity contribution in [2.75, 3.05) is 19.0 Å². The molecule has 0 fully saturated rings. The molecule has 9 heteroatoms. The van der Waals surface area contributed by atoms with Gasteiger partial charge in [-0.05, 0) is 36.4 Å². The van der Waals surface area contributed by atoms with Gasteiger partial charge in [0.2, 0.25) is 0 Å². The lowest BCUT2D eigenvalue weighted by Gasteiger charge is -2.10. The number of rotatable bonds is 6. The third-order valence-electron chi connectivity index (χ3n) is 3.41. The van der Waals surface area contributed by atoms with Crippen molar-refractivity contribution in [2.24, 2.45) is 0 Å². The summed E-state index contributed by atoms with van der Waals surface area (Å²) in [6, 6.07) is 11.5. The van der Waals surface area contributed by atoms with E-state index in [2.05, 4.69) is 26.0 Å². The van der Waals surface area contributed by atoms with Gasteiger partial charge in [-0.3, -0.25) is 4.79 Å². The summed E-state index contributed by atoms with van der Waals surface area (Å²) < 4.78 is 10.6. The van der Waals surface area contributed by atoms with Crippen LogP contribution in [0.2, 0.25) is 10.0 Å². The van der Waals surface area contributed by atoms with Gasteiger partial charge in [0, 0.05) is 10.0 Å². The Kier molecular flexibility index (Phi) is 7.88. The number of esters is 1. The Morgan fingerprint density at radius 1 is 1.29 bits per heavy atom. The Morgan fingerprint density at radius 2 is 2.04 bits per heavy atom. The van der Waals surface area contributed by atoms with E-state index >= 15 is 0 Å². The van der Waals surface area contributed by atoms with Gasteiger partial charge >= 0.3 is 5.97 Å². The van der Waals surface area contributed by atoms with E-state index in [1.165, 1.54) is 13.2 Å². The summed E-state index contributed by atoms with van der Waals surface area (Å²) in [4.78, 5) is 23.8. The van der Waals surface area contributed by atoms with Crippen molar-refractivity contribution >= 4 is 62.8 Å². The van der Waals surface area contributed by atoms with Crippen molar-refractivity contribution in [3.63, 3.8) is 0 Å². The molecule has 0 radical (unpaired) electrons. The maximum absolute atomic E-state index is 12.5. The van der Waals surface area contributed by atoms with E-state index in [0.717, 1.165) is 0 Å². The Morgan fingerprint density at radius 3 is 2.71 bits per heavy atom. The van der Waals surface area contributed by atoms with Crippen molar-refractivity contribution in [3.05, 3.63) is 62.1 Å². The van der Waals surface area contributed by atoms with E-state index in [9.17, 15) is 14.9 Å². The van der Waals surface area contributed by atoms with Crippen LogP contribution in [0.4, 0.5) is 5.69 Å². The standard InChI is InChI=1S/C19H13BrCl2N2O4/c1-27-17(25)10-28-16-6-5-13(20)8-11(16)7-12(9-23)19(26)24-15-4-2-3-14(21)18(15)22/h2-8H,10H2,1H3,(H,24,26)/b12-7-. The smallest absolute Gasteiger partial charge is 0.343 e. The second-order valence-corrected chi connectivity index (χ2v) is 6.97. The van der Waals surface area contributed by atoms with Crippen LogP contribution >= 0.6 is 39.1 Å². The van der Waals surface area contributed by atoms with Crippen LogP contribution in [-0.2, 0) is 14.3 Å². The van der Waals surface area contributed by atoms with Crippen molar-refractivity contribution in [2.45, 2.75) is 0 Å². The monoisotopic (exact) mass is 482 g/mol. The van der Waals surface area contributed by atoms with E-state index in [0.29, 0.717) is 15.8 Å². The van der Waals surface area contributed by atoms with Crippen molar-refractivity contribution in [3.8, 4) is 11.8 Å². The molecule has 0 unspecified atom stereocenters. The number of nitrogens with one attached hydrogen (secondary N) is 1. The van der Waals surface area contributed by atoms with Crippen LogP contribution < -0.4 is 10.1 Å². The van der Waals surface area contributed by atoms with Crippen molar-refractivity contribution in [1.29, 1.82) is 5.26 Å². The number of anilines is 1. The van der Waals surface area contributed by atoms with Crippen LogP contribution in [0.5, 0.6) is 5.75 Å². The van der Waals surface area contributed by atoms with Crippen LogP contribution in [0, 0.1) is 11.3 Å². The van der Waals surface area contributed by atoms with Crippen LogP contribution in [-0.4, -0.2) is 25.6 Å². The molecule has 2 aromatic rings. The van der Waals surface area contributed by atoms with E-state index in [4.69, 9.17) is 27.9 Å². The SMILES string of the molecule is COC(=O)COc1ccc(Br)cc1/C=C(/C#N)C(=O)Nc1cccc(Cl)c1Cl. The molecule has 0 heterocycles. The first-order valence-corrected chi connectivity index (χ1v) is 9.27. The Balaban J connectivity index is 2.31. The highest BCUT2D eigenvalue weighted by molar-refractivity contribution is 9.10.